The van der Waals surface area contributed by atoms with Crippen molar-refractivity contribution in [2.75, 3.05) is 0 Å². The second kappa shape index (κ2) is 9.09. The van der Waals surface area contributed by atoms with Crippen LogP contribution >= 0.6 is 35.4 Å². The van der Waals surface area contributed by atoms with Gasteiger partial charge in [-0.25, -0.2) is 0 Å². The molecule has 1 atom stereocenters. The summed E-state index contributed by atoms with van der Waals surface area (Å²) in [6.45, 7) is 2.23. The first-order valence-electron chi connectivity index (χ1n) is 11.6. The lowest BCUT2D eigenvalue weighted by molar-refractivity contribution is -0.115. The highest BCUT2D eigenvalue weighted by molar-refractivity contribution is 7.80. The van der Waals surface area contributed by atoms with Crippen molar-refractivity contribution in [2.24, 2.45) is 23.2 Å². The molecular formula is C26H28Cl2N2O2S. The second-order valence-corrected chi connectivity index (χ2v) is 11.4. The molecule has 174 valence electrons. The van der Waals surface area contributed by atoms with Gasteiger partial charge in [-0.2, -0.15) is 0 Å². The fraction of sp³-hybridized carbons (Fsp3) is 0.462. The van der Waals surface area contributed by atoms with E-state index < -0.39 is 0 Å². The molecular weight excluding hydrogens is 475 g/mol. The largest absolute Gasteiger partial charge is 0.457 e. The Hall–Kier alpha value is -1.82. The van der Waals surface area contributed by atoms with Gasteiger partial charge in [-0.05, 0) is 117 Å². The molecule has 6 rings (SSSR count). The molecule has 4 bridgehead atoms. The lowest BCUT2D eigenvalue weighted by Gasteiger charge is -2.59. The Balaban J connectivity index is 1.16. The van der Waals surface area contributed by atoms with E-state index in [1.807, 2.05) is 6.07 Å². The molecule has 4 fully saturated rings. The minimum Gasteiger partial charge on any atom is -0.457 e. The standard InChI is InChI=1S/C26H28Cl2N2O2S/c1-15(26-12-16-6-17(13-26)8-18(7-16)14-26)29-25(33)30-24(31)5-3-22-2-4-23(32-22)19-9-20(27)11-21(28)10-19/h2-5,9-11,15-18H,6-8,12-14H2,1H3,(H2,29,30,31,33)/b5-3+/t15-,16?,17?,18?,26?/m1/s1. The number of furan rings is 1. The fourth-order valence-electron chi connectivity index (χ4n) is 6.70. The molecule has 0 spiro atoms. The average Bonchev–Trinajstić information content (AvgIpc) is 3.19. The van der Waals surface area contributed by atoms with Crippen molar-refractivity contribution >= 4 is 52.5 Å². The first-order valence-corrected chi connectivity index (χ1v) is 12.8. The molecule has 0 radical (unpaired) electrons. The van der Waals surface area contributed by atoms with Crippen molar-refractivity contribution in [2.45, 2.75) is 51.5 Å². The summed E-state index contributed by atoms with van der Waals surface area (Å²) in [6, 6.07) is 9.10. The molecule has 4 aliphatic carbocycles. The molecule has 1 amide bonds. The molecule has 2 N–H and O–H groups in total. The van der Waals surface area contributed by atoms with Crippen LogP contribution in [0.25, 0.3) is 17.4 Å². The third-order valence-corrected chi connectivity index (χ3v) is 8.42. The van der Waals surface area contributed by atoms with E-state index in [0.717, 1.165) is 23.3 Å². The van der Waals surface area contributed by atoms with Crippen LogP contribution in [-0.2, 0) is 4.79 Å². The van der Waals surface area contributed by atoms with Gasteiger partial charge in [0, 0.05) is 27.7 Å². The number of carbonyl (C=O) groups is 1. The van der Waals surface area contributed by atoms with Gasteiger partial charge in [-0.15, -0.1) is 0 Å². The Morgan fingerprint density at radius 2 is 1.70 bits per heavy atom. The molecule has 0 unspecified atom stereocenters. The van der Waals surface area contributed by atoms with Gasteiger partial charge in [0.1, 0.15) is 11.5 Å². The highest BCUT2D eigenvalue weighted by atomic mass is 35.5. The maximum absolute atomic E-state index is 12.4. The SMILES string of the molecule is C[C@@H](NC(=S)NC(=O)/C=C/c1ccc(-c2cc(Cl)cc(Cl)c2)o1)C12CC3CC(CC(C3)C1)C2. The van der Waals surface area contributed by atoms with E-state index in [9.17, 15) is 4.79 Å². The average molecular weight is 503 g/mol. The van der Waals surface area contributed by atoms with E-state index in [1.165, 1.54) is 44.6 Å². The van der Waals surface area contributed by atoms with E-state index in [-0.39, 0.29) is 11.9 Å². The molecule has 2 aromatic rings. The van der Waals surface area contributed by atoms with Gasteiger partial charge < -0.3 is 9.73 Å². The number of halogens is 2. The maximum atomic E-state index is 12.4. The first-order chi connectivity index (χ1) is 15.8. The monoisotopic (exact) mass is 502 g/mol. The molecule has 7 heteroatoms. The first kappa shape index (κ1) is 22.9. The van der Waals surface area contributed by atoms with Crippen molar-refractivity contribution in [3.05, 3.63) is 52.2 Å². The summed E-state index contributed by atoms with van der Waals surface area (Å²) in [6.07, 6.45) is 11.2. The van der Waals surface area contributed by atoms with Crippen molar-refractivity contribution in [1.82, 2.24) is 10.6 Å². The second-order valence-electron chi connectivity index (χ2n) is 10.2. The van der Waals surface area contributed by atoms with Crippen molar-refractivity contribution in [1.29, 1.82) is 0 Å². The van der Waals surface area contributed by atoms with Gasteiger partial charge in [0.15, 0.2) is 5.11 Å². The van der Waals surface area contributed by atoms with Crippen LogP contribution in [-0.4, -0.2) is 17.1 Å². The normalized spacial score (nSPS) is 28.8. The zero-order chi connectivity index (χ0) is 23.2. The maximum Gasteiger partial charge on any atom is 0.250 e. The summed E-state index contributed by atoms with van der Waals surface area (Å²) >= 11 is 17.6. The van der Waals surface area contributed by atoms with Crippen LogP contribution in [0.1, 0.15) is 51.2 Å². The Morgan fingerprint density at radius 1 is 1.09 bits per heavy atom. The minimum atomic E-state index is -0.283. The Kier molecular flexibility index (Phi) is 6.32. The van der Waals surface area contributed by atoms with Gasteiger partial charge in [0.2, 0.25) is 5.91 Å². The van der Waals surface area contributed by atoms with Crippen LogP contribution < -0.4 is 10.6 Å². The van der Waals surface area contributed by atoms with Crippen molar-refractivity contribution in [3.8, 4) is 11.3 Å². The number of nitrogens with one attached hydrogen (secondary N) is 2. The molecule has 1 aromatic heterocycles. The lowest BCUT2D eigenvalue weighted by atomic mass is 9.48. The predicted octanol–water partition coefficient (Wildman–Crippen LogP) is 6.86. The van der Waals surface area contributed by atoms with Crippen LogP contribution in [0.2, 0.25) is 10.0 Å². The zero-order valence-electron chi connectivity index (χ0n) is 18.6. The fourth-order valence-corrected chi connectivity index (χ4v) is 7.50. The summed E-state index contributed by atoms with van der Waals surface area (Å²) in [7, 11) is 0. The van der Waals surface area contributed by atoms with Gasteiger partial charge in [-0.3, -0.25) is 10.1 Å². The van der Waals surface area contributed by atoms with Crippen LogP contribution in [0.3, 0.4) is 0 Å². The molecule has 4 aliphatic rings. The Labute approximate surface area is 210 Å². The van der Waals surface area contributed by atoms with Crippen LogP contribution in [0.4, 0.5) is 0 Å². The van der Waals surface area contributed by atoms with E-state index in [4.69, 9.17) is 39.8 Å². The number of hydrogen-bond acceptors (Lipinski definition) is 3. The summed E-state index contributed by atoms with van der Waals surface area (Å²) in [5, 5.41) is 7.67. The van der Waals surface area contributed by atoms with Gasteiger partial charge in [0.25, 0.3) is 0 Å². The molecule has 1 aromatic carbocycles. The van der Waals surface area contributed by atoms with Crippen LogP contribution in [0, 0.1) is 23.2 Å². The highest BCUT2D eigenvalue weighted by Gasteiger charge is 2.53. The Bertz CT molecular complexity index is 1050. The van der Waals surface area contributed by atoms with Crippen molar-refractivity contribution < 1.29 is 9.21 Å². The number of carbonyl (C=O) groups excluding carboxylic acids is 1. The third-order valence-electron chi connectivity index (χ3n) is 7.76. The van der Waals surface area contributed by atoms with Crippen molar-refractivity contribution in [3.63, 3.8) is 0 Å². The van der Waals surface area contributed by atoms with E-state index in [2.05, 4.69) is 17.6 Å². The molecule has 4 nitrogen and oxygen atoms in total. The summed E-state index contributed by atoms with van der Waals surface area (Å²) in [5.74, 6) is 3.54. The Morgan fingerprint density at radius 3 is 2.30 bits per heavy atom. The number of benzene rings is 1. The van der Waals surface area contributed by atoms with Gasteiger partial charge in [-0.1, -0.05) is 23.2 Å². The zero-order valence-corrected chi connectivity index (χ0v) is 20.9. The van der Waals surface area contributed by atoms with E-state index >= 15 is 0 Å². The number of amides is 1. The lowest BCUT2D eigenvalue weighted by Crippen LogP contribution is -2.57. The number of hydrogen-bond donors (Lipinski definition) is 2. The third kappa shape index (κ3) is 5.01. The molecule has 33 heavy (non-hydrogen) atoms. The minimum absolute atomic E-state index is 0.264. The topological polar surface area (TPSA) is 54.3 Å². The number of thiocarbonyl (C=S) groups is 1. The van der Waals surface area contributed by atoms with Crippen LogP contribution in [0.15, 0.2) is 40.8 Å². The van der Waals surface area contributed by atoms with E-state index in [0.29, 0.717) is 32.1 Å². The summed E-state index contributed by atoms with van der Waals surface area (Å²) in [5.41, 5.74) is 1.10. The number of rotatable bonds is 5. The predicted molar refractivity (Wildman–Crippen MR) is 137 cm³/mol. The molecule has 0 aliphatic heterocycles. The quantitative estimate of drug-likeness (QED) is 0.346. The smallest absolute Gasteiger partial charge is 0.250 e. The van der Waals surface area contributed by atoms with Gasteiger partial charge in [0.05, 0.1) is 0 Å². The molecule has 0 saturated heterocycles. The van der Waals surface area contributed by atoms with Crippen LogP contribution in [0.5, 0.6) is 0 Å². The van der Waals surface area contributed by atoms with Gasteiger partial charge >= 0.3 is 0 Å². The summed E-state index contributed by atoms with van der Waals surface area (Å²) in [4.78, 5) is 12.4. The molecule has 1 heterocycles. The highest BCUT2D eigenvalue weighted by Crippen LogP contribution is 2.61. The van der Waals surface area contributed by atoms with E-state index in [1.54, 1.807) is 30.3 Å². The molecule has 4 saturated carbocycles. The summed E-state index contributed by atoms with van der Waals surface area (Å²) < 4.78 is 5.80.